The maximum Gasteiger partial charge on any atom is 0.0544 e. The molecule has 1 aliphatic rings. The first-order chi connectivity index (χ1) is 5.33. The summed E-state index contributed by atoms with van der Waals surface area (Å²) in [6, 6.07) is 0.782. The maximum atomic E-state index is 3.57. The molecule has 1 saturated carbocycles. The Balaban J connectivity index is 2.08. The summed E-state index contributed by atoms with van der Waals surface area (Å²) in [6.45, 7) is 5.40. The third-order valence-corrected chi connectivity index (χ3v) is 2.35. The Morgan fingerprint density at radius 3 is 2.55 bits per heavy atom. The topological polar surface area (TPSA) is 24.1 Å². The molecule has 1 unspecified atom stereocenters. The van der Waals surface area contributed by atoms with Crippen molar-refractivity contribution in [2.24, 2.45) is 0 Å². The first-order valence-corrected chi connectivity index (χ1v) is 4.82. The predicted octanol–water partition coefficient (Wildman–Crippen LogP) is 1.47. The summed E-state index contributed by atoms with van der Waals surface area (Å²) < 4.78 is 0. The molecular formula is C9H20N2. The standard InChI is InChI=1S/C9H20N2/c1-3-10-8(2)11-9-6-4-5-7-9/h8-11H,3-7H2,1-2H3. The lowest BCUT2D eigenvalue weighted by molar-refractivity contribution is 0.399. The molecule has 1 aliphatic carbocycles. The number of rotatable bonds is 4. The lowest BCUT2D eigenvalue weighted by atomic mass is 10.2. The minimum Gasteiger partial charge on any atom is -0.302 e. The zero-order valence-corrected chi connectivity index (χ0v) is 7.69. The molecule has 2 N–H and O–H groups in total. The third kappa shape index (κ3) is 3.21. The molecule has 0 radical (unpaired) electrons. The lowest BCUT2D eigenvalue weighted by Gasteiger charge is -2.19. The van der Waals surface area contributed by atoms with Gasteiger partial charge in [0.2, 0.25) is 0 Å². The minimum atomic E-state index is 0.489. The van der Waals surface area contributed by atoms with Crippen molar-refractivity contribution in [2.75, 3.05) is 6.54 Å². The fraction of sp³-hybridized carbons (Fsp3) is 1.00. The summed E-state index contributed by atoms with van der Waals surface area (Å²) in [5, 5.41) is 6.93. The summed E-state index contributed by atoms with van der Waals surface area (Å²) in [5.41, 5.74) is 0. The molecule has 0 bridgehead atoms. The third-order valence-electron chi connectivity index (χ3n) is 2.35. The van der Waals surface area contributed by atoms with Gasteiger partial charge in [-0.25, -0.2) is 0 Å². The van der Waals surface area contributed by atoms with Crippen LogP contribution in [0.5, 0.6) is 0 Å². The first kappa shape index (κ1) is 9.01. The predicted molar refractivity (Wildman–Crippen MR) is 48.5 cm³/mol. The zero-order valence-electron chi connectivity index (χ0n) is 7.69. The monoisotopic (exact) mass is 156 g/mol. The van der Waals surface area contributed by atoms with E-state index in [2.05, 4.69) is 24.5 Å². The molecule has 0 aromatic heterocycles. The fourth-order valence-corrected chi connectivity index (χ4v) is 1.81. The van der Waals surface area contributed by atoms with Crippen LogP contribution in [-0.2, 0) is 0 Å². The Kier molecular flexibility index (Phi) is 3.87. The Morgan fingerprint density at radius 2 is 2.00 bits per heavy atom. The number of hydrogen-bond donors (Lipinski definition) is 2. The van der Waals surface area contributed by atoms with Gasteiger partial charge in [-0.1, -0.05) is 19.8 Å². The van der Waals surface area contributed by atoms with Gasteiger partial charge in [-0.05, 0) is 26.3 Å². The quantitative estimate of drug-likeness (QED) is 0.602. The van der Waals surface area contributed by atoms with Crippen LogP contribution in [0, 0.1) is 0 Å². The van der Waals surface area contributed by atoms with Crippen molar-refractivity contribution in [1.82, 2.24) is 10.6 Å². The van der Waals surface area contributed by atoms with E-state index >= 15 is 0 Å². The van der Waals surface area contributed by atoms with Crippen LogP contribution in [0.1, 0.15) is 39.5 Å². The highest BCUT2D eigenvalue weighted by Crippen LogP contribution is 2.17. The SMILES string of the molecule is CCNC(C)NC1CCCC1. The lowest BCUT2D eigenvalue weighted by Crippen LogP contribution is -2.44. The molecule has 1 rings (SSSR count). The second kappa shape index (κ2) is 4.73. The highest BCUT2D eigenvalue weighted by atomic mass is 15.1. The molecule has 66 valence electrons. The maximum absolute atomic E-state index is 3.57. The summed E-state index contributed by atoms with van der Waals surface area (Å²) in [7, 11) is 0. The molecule has 1 fully saturated rings. The van der Waals surface area contributed by atoms with Crippen LogP contribution in [0.3, 0.4) is 0 Å². The van der Waals surface area contributed by atoms with Gasteiger partial charge in [0.15, 0.2) is 0 Å². The largest absolute Gasteiger partial charge is 0.302 e. The van der Waals surface area contributed by atoms with Crippen molar-refractivity contribution in [1.29, 1.82) is 0 Å². The fourth-order valence-electron chi connectivity index (χ4n) is 1.81. The molecule has 0 spiro atoms. The van der Waals surface area contributed by atoms with E-state index in [4.69, 9.17) is 0 Å². The van der Waals surface area contributed by atoms with E-state index in [1.807, 2.05) is 0 Å². The highest BCUT2D eigenvalue weighted by Gasteiger charge is 2.15. The van der Waals surface area contributed by atoms with Crippen molar-refractivity contribution in [3.8, 4) is 0 Å². The summed E-state index contributed by atoms with van der Waals surface area (Å²) in [5.74, 6) is 0. The molecule has 1 atom stereocenters. The molecule has 11 heavy (non-hydrogen) atoms. The highest BCUT2D eigenvalue weighted by molar-refractivity contribution is 4.75. The van der Waals surface area contributed by atoms with Crippen LogP contribution in [0.25, 0.3) is 0 Å². The normalized spacial score (nSPS) is 22.4. The molecule has 0 aromatic carbocycles. The van der Waals surface area contributed by atoms with Crippen molar-refractivity contribution in [3.05, 3.63) is 0 Å². The Labute approximate surface area is 69.8 Å². The molecule has 0 aromatic rings. The van der Waals surface area contributed by atoms with Gasteiger partial charge in [-0.2, -0.15) is 0 Å². The second-order valence-corrected chi connectivity index (χ2v) is 3.43. The van der Waals surface area contributed by atoms with Gasteiger partial charge in [0.1, 0.15) is 0 Å². The van der Waals surface area contributed by atoms with E-state index in [1.54, 1.807) is 0 Å². The summed E-state index contributed by atoms with van der Waals surface area (Å²) in [6.07, 6.45) is 6.06. The second-order valence-electron chi connectivity index (χ2n) is 3.43. The van der Waals surface area contributed by atoms with Crippen molar-refractivity contribution >= 4 is 0 Å². The molecule has 0 saturated heterocycles. The van der Waals surface area contributed by atoms with Crippen molar-refractivity contribution < 1.29 is 0 Å². The van der Waals surface area contributed by atoms with Gasteiger partial charge in [-0.15, -0.1) is 0 Å². The minimum absolute atomic E-state index is 0.489. The van der Waals surface area contributed by atoms with E-state index in [9.17, 15) is 0 Å². The van der Waals surface area contributed by atoms with Crippen LogP contribution in [0.4, 0.5) is 0 Å². The van der Waals surface area contributed by atoms with E-state index < -0.39 is 0 Å². The molecule has 0 heterocycles. The summed E-state index contributed by atoms with van der Waals surface area (Å²) in [4.78, 5) is 0. The van der Waals surface area contributed by atoms with E-state index in [0.717, 1.165) is 12.6 Å². The average molecular weight is 156 g/mol. The van der Waals surface area contributed by atoms with Crippen LogP contribution in [0.15, 0.2) is 0 Å². The number of nitrogens with one attached hydrogen (secondary N) is 2. The van der Waals surface area contributed by atoms with Gasteiger partial charge in [-0.3, -0.25) is 5.32 Å². The molecule has 0 amide bonds. The Bertz CT molecular complexity index is 97.7. The van der Waals surface area contributed by atoms with Crippen molar-refractivity contribution in [2.45, 2.75) is 51.7 Å². The van der Waals surface area contributed by atoms with Gasteiger partial charge in [0.05, 0.1) is 6.17 Å². The Morgan fingerprint density at radius 1 is 1.36 bits per heavy atom. The van der Waals surface area contributed by atoms with Gasteiger partial charge in [0.25, 0.3) is 0 Å². The average Bonchev–Trinajstić information content (AvgIpc) is 2.40. The van der Waals surface area contributed by atoms with Crippen LogP contribution < -0.4 is 10.6 Å². The van der Waals surface area contributed by atoms with Crippen LogP contribution in [-0.4, -0.2) is 18.8 Å². The van der Waals surface area contributed by atoms with Gasteiger partial charge < -0.3 is 5.32 Å². The molecule has 2 heteroatoms. The molecule has 2 nitrogen and oxygen atoms in total. The smallest absolute Gasteiger partial charge is 0.0544 e. The zero-order chi connectivity index (χ0) is 8.10. The van der Waals surface area contributed by atoms with Crippen molar-refractivity contribution in [3.63, 3.8) is 0 Å². The van der Waals surface area contributed by atoms with E-state index in [0.29, 0.717) is 6.17 Å². The summed E-state index contributed by atoms with van der Waals surface area (Å²) >= 11 is 0. The van der Waals surface area contributed by atoms with E-state index in [1.165, 1.54) is 25.7 Å². The number of hydrogen-bond acceptors (Lipinski definition) is 2. The van der Waals surface area contributed by atoms with Crippen LogP contribution >= 0.6 is 0 Å². The van der Waals surface area contributed by atoms with Crippen LogP contribution in [0.2, 0.25) is 0 Å². The van der Waals surface area contributed by atoms with Gasteiger partial charge >= 0.3 is 0 Å². The van der Waals surface area contributed by atoms with Gasteiger partial charge in [0, 0.05) is 6.04 Å². The molecular weight excluding hydrogens is 136 g/mol. The van der Waals surface area contributed by atoms with E-state index in [-0.39, 0.29) is 0 Å². The first-order valence-electron chi connectivity index (χ1n) is 4.82. The molecule has 0 aliphatic heterocycles. The Hall–Kier alpha value is -0.0800.